The molecule has 7 nitrogen and oxygen atoms in total. The second kappa shape index (κ2) is 25.5. The van der Waals surface area contributed by atoms with Crippen molar-refractivity contribution in [2.24, 2.45) is 0 Å². The zero-order valence-corrected chi connectivity index (χ0v) is 58.5. The zero-order chi connectivity index (χ0) is 70.3. The van der Waals surface area contributed by atoms with Crippen molar-refractivity contribution >= 4 is 43.6 Å². The molecule has 0 aliphatic heterocycles. The first-order valence-corrected chi connectivity index (χ1v) is 35.7. The van der Waals surface area contributed by atoms with Crippen LogP contribution in [-0.4, -0.2) is 38.3 Å². The molecule has 0 unspecified atom stereocenters. The first kappa shape index (κ1) is 62.5. The van der Waals surface area contributed by atoms with E-state index >= 15 is 0 Å². The van der Waals surface area contributed by atoms with Crippen LogP contribution in [0.5, 0.6) is 11.5 Å². The SMILES string of the molecule is COc1cc(-c2cc(-c3ccccc3)cc(-c3ccccc3)c2)cc(-c2ccc3c4ccc(-c5cc(OC)cc(-c6cc(-c7ccccc7)cc(-c7ccccc7)c6)c5)cc4n(-c4ccc5c(c4)c4cc6c(cc4n5-c4nc(-c5ccccc5)nc(-c5ccccc5)n4)C(C)(C)c4ccccc4-6)c3c2)c1. The van der Waals surface area contributed by atoms with Crippen LogP contribution in [0.1, 0.15) is 25.0 Å². The molecular weight excluding hydrogens is 1280 g/mol. The highest BCUT2D eigenvalue weighted by Gasteiger charge is 2.37. The summed E-state index contributed by atoms with van der Waals surface area (Å²) in [4.78, 5) is 16.1. The fourth-order valence-corrected chi connectivity index (χ4v) is 16.0. The number of hydrogen-bond acceptors (Lipinski definition) is 5. The summed E-state index contributed by atoms with van der Waals surface area (Å²) in [6.07, 6.45) is 0. The first-order valence-electron chi connectivity index (χ1n) is 35.7. The third-order valence-corrected chi connectivity index (χ3v) is 21.3. The molecule has 19 rings (SSSR count). The number of rotatable bonds is 14. The minimum Gasteiger partial charge on any atom is -0.497 e. The first-order chi connectivity index (χ1) is 51.6. The molecule has 0 bridgehead atoms. The average Bonchev–Trinajstić information content (AvgIpc) is 1.55. The molecule has 7 heteroatoms. The summed E-state index contributed by atoms with van der Waals surface area (Å²) < 4.78 is 17.3. The second-order valence-corrected chi connectivity index (χ2v) is 27.9. The normalized spacial score (nSPS) is 12.3. The van der Waals surface area contributed by atoms with Gasteiger partial charge in [0, 0.05) is 43.8 Å². The van der Waals surface area contributed by atoms with E-state index in [1.54, 1.807) is 14.2 Å². The summed E-state index contributed by atoms with van der Waals surface area (Å²) in [5.74, 6) is 3.27. The summed E-state index contributed by atoms with van der Waals surface area (Å²) in [6.45, 7) is 4.69. The Hall–Kier alpha value is -13.5. The van der Waals surface area contributed by atoms with Gasteiger partial charge in [-0.1, -0.05) is 244 Å². The van der Waals surface area contributed by atoms with Crippen molar-refractivity contribution < 1.29 is 9.47 Å². The predicted molar refractivity (Wildman–Crippen MR) is 434 cm³/mol. The van der Waals surface area contributed by atoms with Crippen LogP contribution in [-0.2, 0) is 5.41 Å². The van der Waals surface area contributed by atoms with Gasteiger partial charge in [-0.15, -0.1) is 0 Å². The van der Waals surface area contributed by atoms with E-state index in [4.69, 9.17) is 24.4 Å². The number of methoxy groups -OCH3 is 2. The minimum absolute atomic E-state index is 0.282. The highest BCUT2D eigenvalue weighted by molar-refractivity contribution is 6.15. The van der Waals surface area contributed by atoms with E-state index < -0.39 is 0 Å². The highest BCUT2D eigenvalue weighted by atomic mass is 16.5. The largest absolute Gasteiger partial charge is 0.497 e. The van der Waals surface area contributed by atoms with E-state index in [1.807, 2.05) is 36.4 Å². The number of nitrogens with zero attached hydrogens (tertiary/aromatic N) is 5. The molecule has 1 aliphatic rings. The number of fused-ring (bicyclic) bond motifs is 9. The highest BCUT2D eigenvalue weighted by Crippen LogP contribution is 2.52. The van der Waals surface area contributed by atoms with Gasteiger partial charge < -0.3 is 14.0 Å². The molecule has 0 fully saturated rings. The van der Waals surface area contributed by atoms with Gasteiger partial charge in [0.1, 0.15) is 11.5 Å². The molecule has 0 atom stereocenters. The lowest BCUT2D eigenvalue weighted by Crippen LogP contribution is -2.15. The number of hydrogen-bond donors (Lipinski definition) is 0. The van der Waals surface area contributed by atoms with Gasteiger partial charge in [-0.25, -0.2) is 4.98 Å². The van der Waals surface area contributed by atoms with Crippen LogP contribution in [0.4, 0.5) is 0 Å². The molecule has 0 N–H and O–H groups in total. The van der Waals surface area contributed by atoms with E-state index in [2.05, 4.69) is 332 Å². The van der Waals surface area contributed by atoms with E-state index in [0.29, 0.717) is 17.6 Å². The van der Waals surface area contributed by atoms with Gasteiger partial charge >= 0.3 is 0 Å². The van der Waals surface area contributed by atoms with Crippen LogP contribution in [0.15, 0.2) is 346 Å². The Morgan fingerprint density at radius 1 is 0.238 bits per heavy atom. The Morgan fingerprint density at radius 3 is 1.01 bits per heavy atom. The molecule has 18 aromatic rings. The van der Waals surface area contributed by atoms with E-state index in [1.165, 1.54) is 22.3 Å². The van der Waals surface area contributed by atoms with Gasteiger partial charge in [0.25, 0.3) is 0 Å². The van der Waals surface area contributed by atoms with Crippen molar-refractivity contribution in [3.63, 3.8) is 0 Å². The molecule has 105 heavy (non-hydrogen) atoms. The Bertz CT molecular complexity index is 6020. The van der Waals surface area contributed by atoms with Crippen molar-refractivity contribution in [3.8, 4) is 146 Å². The second-order valence-electron chi connectivity index (χ2n) is 27.9. The fourth-order valence-electron chi connectivity index (χ4n) is 16.0. The van der Waals surface area contributed by atoms with Crippen molar-refractivity contribution in [3.05, 3.63) is 357 Å². The maximum atomic E-state index is 6.26. The number of ether oxygens (including phenoxy) is 2. The third kappa shape index (κ3) is 11.1. The lowest BCUT2D eigenvalue weighted by molar-refractivity contribution is 0.415. The lowest BCUT2D eigenvalue weighted by atomic mass is 9.82. The van der Waals surface area contributed by atoms with Crippen LogP contribution >= 0.6 is 0 Å². The predicted octanol–water partition coefficient (Wildman–Crippen LogP) is 25.1. The molecule has 0 amide bonds. The minimum atomic E-state index is -0.282. The monoisotopic (exact) mass is 1350 g/mol. The van der Waals surface area contributed by atoms with Crippen LogP contribution in [0.3, 0.4) is 0 Å². The van der Waals surface area contributed by atoms with Gasteiger partial charge in [-0.05, 0) is 227 Å². The molecule has 0 saturated carbocycles. The Morgan fingerprint density at radius 2 is 0.590 bits per heavy atom. The van der Waals surface area contributed by atoms with Gasteiger partial charge in [0.2, 0.25) is 5.95 Å². The molecule has 3 heterocycles. The smallest absolute Gasteiger partial charge is 0.238 e. The maximum Gasteiger partial charge on any atom is 0.238 e. The van der Waals surface area contributed by atoms with Crippen molar-refractivity contribution in [2.75, 3.05) is 14.2 Å². The molecule has 0 radical (unpaired) electrons. The fraction of sp³-hybridized carbons (Fsp3) is 0.0510. The zero-order valence-electron chi connectivity index (χ0n) is 58.5. The molecule has 1 aliphatic carbocycles. The Kier molecular flexibility index (Phi) is 15.2. The summed E-state index contributed by atoms with van der Waals surface area (Å²) in [5, 5.41) is 4.40. The topological polar surface area (TPSA) is 67.0 Å². The van der Waals surface area contributed by atoms with Gasteiger partial charge in [0.15, 0.2) is 11.6 Å². The van der Waals surface area contributed by atoms with Crippen molar-refractivity contribution in [1.82, 2.24) is 24.1 Å². The molecule has 3 aromatic heterocycles. The standard InChI is InChI=1S/C98H69N5O2/c1-98(2)89-38-24-23-37-83(89)86-60-88-87-59-80(41-44-91(87)103(94(88)61-90(86)98)97-100-95(66-33-19-9-20-34-66)99-96(101-97)67-35-21-10-22-36-67)102-92-57-68(76-51-78(55-81(53-76)104-3)74-47-70(62-25-11-5-12-26-62)45-71(48-74)63-27-13-6-14-28-63)39-42-84(92)85-43-40-69(58-93(85)102)77-52-79(56-82(54-77)105-4)75-49-72(64-29-15-7-16-30-64)46-73(50-75)65-31-17-8-18-32-65/h5-61H,1-4H3. The van der Waals surface area contributed by atoms with Gasteiger partial charge in [0.05, 0.1) is 36.3 Å². The average molecular weight is 1350 g/mol. The van der Waals surface area contributed by atoms with Crippen LogP contribution in [0.25, 0.3) is 178 Å². The summed E-state index contributed by atoms with van der Waals surface area (Å²) >= 11 is 0. The van der Waals surface area contributed by atoms with Crippen molar-refractivity contribution in [2.45, 2.75) is 19.3 Å². The number of benzene rings is 15. The van der Waals surface area contributed by atoms with E-state index in [9.17, 15) is 0 Å². The molecule has 498 valence electrons. The Labute approximate surface area is 609 Å². The molecule has 15 aromatic carbocycles. The third-order valence-electron chi connectivity index (χ3n) is 21.3. The van der Waals surface area contributed by atoms with Crippen molar-refractivity contribution in [1.29, 1.82) is 0 Å². The summed E-state index contributed by atoms with van der Waals surface area (Å²) in [6, 6.07) is 125. The number of aromatic nitrogens is 5. The van der Waals surface area contributed by atoms with Crippen LogP contribution in [0.2, 0.25) is 0 Å². The lowest BCUT2D eigenvalue weighted by Gasteiger charge is -2.21. The maximum absolute atomic E-state index is 6.26. The molecular formula is C98H69N5O2. The quantitative estimate of drug-likeness (QED) is 0.109. The summed E-state index contributed by atoms with van der Waals surface area (Å²) in [7, 11) is 3.53. The summed E-state index contributed by atoms with van der Waals surface area (Å²) in [5.41, 5.74) is 29.3. The Balaban J connectivity index is 0.847. The van der Waals surface area contributed by atoms with Gasteiger partial charge in [-0.2, -0.15) is 9.97 Å². The molecule has 0 spiro atoms. The van der Waals surface area contributed by atoms with Crippen LogP contribution in [0, 0.1) is 0 Å². The van der Waals surface area contributed by atoms with E-state index in [0.717, 1.165) is 161 Å². The van der Waals surface area contributed by atoms with Crippen LogP contribution < -0.4 is 9.47 Å². The molecule has 0 saturated heterocycles. The van der Waals surface area contributed by atoms with E-state index in [-0.39, 0.29) is 5.41 Å². The van der Waals surface area contributed by atoms with Gasteiger partial charge in [-0.3, -0.25) is 4.57 Å².